The maximum absolute atomic E-state index is 13.1. The van der Waals surface area contributed by atoms with Crippen LogP contribution in [0.25, 0.3) is 22.6 Å². The van der Waals surface area contributed by atoms with Crippen LogP contribution in [0.3, 0.4) is 0 Å². The van der Waals surface area contributed by atoms with Crippen molar-refractivity contribution in [3.63, 3.8) is 0 Å². The minimum Gasteiger partial charge on any atom is -0.366 e. The summed E-state index contributed by atoms with van der Waals surface area (Å²) in [6, 6.07) is 15.4. The van der Waals surface area contributed by atoms with Gasteiger partial charge in [0.05, 0.1) is 4.88 Å². The Kier molecular flexibility index (Phi) is 7.04. The standard InChI is InChI=1S/C29H29N7O3S/c1-2-12-35-26-24(28(38)36(29(35)39)21-9-10-21)33-25(34-26)20-8-11-23(31-17-20)30-15-18-5-3-6-19(14-18)16-32-27(37)22-7-4-13-40-22/h3-8,11,13-14,17,21H,2,9-10,12,15-16H2,1H3,(H,30,31)(H,32,37)(H,33,34). The summed E-state index contributed by atoms with van der Waals surface area (Å²) in [4.78, 5) is 51.3. The van der Waals surface area contributed by atoms with E-state index in [1.165, 1.54) is 15.9 Å². The number of aromatic amines is 1. The van der Waals surface area contributed by atoms with E-state index in [0.29, 0.717) is 47.3 Å². The zero-order chi connectivity index (χ0) is 27.6. The predicted molar refractivity (Wildman–Crippen MR) is 156 cm³/mol. The molecule has 0 bridgehead atoms. The SMILES string of the molecule is CCCn1c(=O)n(C2CC2)c(=O)c2[nH]c(-c3ccc(NCc4cccc(CNC(=O)c5cccs5)c4)nc3)nc21. The van der Waals surface area contributed by atoms with Gasteiger partial charge in [-0.3, -0.25) is 18.7 Å². The van der Waals surface area contributed by atoms with Crippen molar-refractivity contribution >= 4 is 34.2 Å². The van der Waals surface area contributed by atoms with Crippen LogP contribution in [-0.4, -0.2) is 30.0 Å². The molecule has 1 aliphatic carbocycles. The van der Waals surface area contributed by atoms with Crippen LogP contribution in [0, 0.1) is 0 Å². The molecule has 204 valence electrons. The van der Waals surface area contributed by atoms with Crippen molar-refractivity contribution in [1.82, 2.24) is 29.4 Å². The third-order valence-corrected chi connectivity index (χ3v) is 7.74. The maximum Gasteiger partial charge on any atom is 0.333 e. The van der Waals surface area contributed by atoms with Crippen molar-refractivity contribution in [2.24, 2.45) is 0 Å². The number of rotatable bonds is 10. The number of amides is 1. The molecule has 5 aromatic rings. The van der Waals surface area contributed by atoms with Crippen LogP contribution >= 0.6 is 11.3 Å². The number of nitrogens with zero attached hydrogens (tertiary/aromatic N) is 4. The molecular formula is C29H29N7O3S. The largest absolute Gasteiger partial charge is 0.366 e. The second-order valence-electron chi connectivity index (χ2n) is 9.89. The molecule has 0 saturated heterocycles. The van der Waals surface area contributed by atoms with Crippen LogP contribution in [0.5, 0.6) is 0 Å². The first-order chi connectivity index (χ1) is 19.5. The van der Waals surface area contributed by atoms with Gasteiger partial charge in [-0.25, -0.2) is 14.8 Å². The van der Waals surface area contributed by atoms with Gasteiger partial charge in [0, 0.05) is 37.4 Å². The van der Waals surface area contributed by atoms with Gasteiger partial charge < -0.3 is 15.6 Å². The smallest absolute Gasteiger partial charge is 0.333 e. The molecule has 4 heterocycles. The fourth-order valence-electron chi connectivity index (χ4n) is 4.71. The number of carbonyl (C=O) groups is 1. The zero-order valence-corrected chi connectivity index (χ0v) is 22.8. The molecule has 0 unspecified atom stereocenters. The molecule has 4 aromatic heterocycles. The lowest BCUT2D eigenvalue weighted by Crippen LogP contribution is -2.39. The highest BCUT2D eigenvalue weighted by atomic mass is 32.1. The Bertz CT molecular complexity index is 1780. The first-order valence-corrected chi connectivity index (χ1v) is 14.2. The van der Waals surface area contributed by atoms with Crippen molar-refractivity contribution in [2.75, 3.05) is 5.32 Å². The van der Waals surface area contributed by atoms with Gasteiger partial charge in [-0.15, -0.1) is 11.3 Å². The van der Waals surface area contributed by atoms with E-state index in [-0.39, 0.29) is 23.2 Å². The number of hydrogen-bond acceptors (Lipinski definition) is 7. The third kappa shape index (κ3) is 5.20. The third-order valence-electron chi connectivity index (χ3n) is 6.87. The van der Waals surface area contributed by atoms with Crippen molar-refractivity contribution < 1.29 is 4.79 Å². The molecule has 0 spiro atoms. The quantitative estimate of drug-likeness (QED) is 0.236. The number of aryl methyl sites for hydroxylation is 1. The van der Waals surface area contributed by atoms with Crippen LogP contribution in [0.2, 0.25) is 0 Å². The highest BCUT2D eigenvalue weighted by molar-refractivity contribution is 7.12. The molecule has 1 amide bonds. The van der Waals surface area contributed by atoms with E-state index in [2.05, 4.69) is 31.7 Å². The Morgan fingerprint density at radius 3 is 2.62 bits per heavy atom. The van der Waals surface area contributed by atoms with E-state index < -0.39 is 0 Å². The second kappa shape index (κ2) is 10.9. The molecule has 11 heteroatoms. The van der Waals surface area contributed by atoms with E-state index in [1.807, 2.05) is 54.8 Å². The minimum absolute atomic E-state index is 0.0167. The summed E-state index contributed by atoms with van der Waals surface area (Å²) in [6.07, 6.45) is 4.15. The van der Waals surface area contributed by atoms with Crippen LogP contribution in [0.1, 0.15) is 53.0 Å². The molecule has 40 heavy (non-hydrogen) atoms. The maximum atomic E-state index is 13.1. The second-order valence-corrected chi connectivity index (χ2v) is 10.8. The average Bonchev–Trinajstić information content (AvgIpc) is 3.45. The van der Waals surface area contributed by atoms with Gasteiger partial charge in [-0.1, -0.05) is 37.3 Å². The minimum atomic E-state index is -0.312. The fraction of sp³-hybridized carbons (Fsp3) is 0.276. The Morgan fingerprint density at radius 2 is 1.93 bits per heavy atom. The molecule has 6 rings (SSSR count). The van der Waals surface area contributed by atoms with E-state index in [0.717, 1.165) is 36.0 Å². The number of nitrogens with one attached hydrogen (secondary N) is 3. The number of fused-ring (bicyclic) bond motifs is 1. The van der Waals surface area contributed by atoms with E-state index in [9.17, 15) is 14.4 Å². The van der Waals surface area contributed by atoms with Crippen molar-refractivity contribution in [3.05, 3.63) is 96.9 Å². The molecule has 1 fully saturated rings. The van der Waals surface area contributed by atoms with Gasteiger partial charge in [-0.05, 0) is 54.0 Å². The Balaban J connectivity index is 1.15. The number of imidazole rings is 1. The number of pyridine rings is 1. The van der Waals surface area contributed by atoms with Gasteiger partial charge >= 0.3 is 5.69 Å². The molecule has 3 N–H and O–H groups in total. The molecule has 0 radical (unpaired) electrons. The lowest BCUT2D eigenvalue weighted by atomic mass is 10.1. The Labute approximate surface area is 233 Å². The summed E-state index contributed by atoms with van der Waals surface area (Å²) >= 11 is 1.42. The monoisotopic (exact) mass is 555 g/mol. The lowest BCUT2D eigenvalue weighted by molar-refractivity contribution is 0.0955. The van der Waals surface area contributed by atoms with Gasteiger partial charge in [0.15, 0.2) is 5.65 Å². The molecular weight excluding hydrogens is 526 g/mol. The average molecular weight is 556 g/mol. The summed E-state index contributed by atoms with van der Waals surface area (Å²) in [5.74, 6) is 1.12. The van der Waals surface area contributed by atoms with E-state index in [4.69, 9.17) is 0 Å². The number of thiophene rings is 1. The Hall–Kier alpha value is -4.51. The number of hydrogen-bond donors (Lipinski definition) is 3. The highest BCUT2D eigenvalue weighted by Crippen LogP contribution is 2.32. The number of benzene rings is 1. The molecule has 1 aliphatic rings. The van der Waals surface area contributed by atoms with Gasteiger partial charge in [0.25, 0.3) is 11.5 Å². The number of carbonyl (C=O) groups excluding carboxylic acids is 1. The Morgan fingerprint density at radius 1 is 1.10 bits per heavy atom. The van der Waals surface area contributed by atoms with Crippen LogP contribution in [-0.2, 0) is 19.6 Å². The van der Waals surface area contributed by atoms with Crippen LogP contribution < -0.4 is 21.9 Å². The van der Waals surface area contributed by atoms with Gasteiger partial charge in [0.1, 0.15) is 17.2 Å². The fourth-order valence-corrected chi connectivity index (χ4v) is 5.35. The summed E-state index contributed by atoms with van der Waals surface area (Å²) in [7, 11) is 0. The summed E-state index contributed by atoms with van der Waals surface area (Å²) in [5, 5.41) is 8.16. The van der Waals surface area contributed by atoms with Gasteiger partial charge in [0.2, 0.25) is 0 Å². The molecule has 0 aliphatic heterocycles. The van der Waals surface area contributed by atoms with Crippen molar-refractivity contribution in [2.45, 2.75) is 51.9 Å². The van der Waals surface area contributed by atoms with Crippen LogP contribution in [0.15, 0.2) is 69.7 Å². The number of aromatic nitrogens is 5. The highest BCUT2D eigenvalue weighted by Gasteiger charge is 2.29. The summed E-state index contributed by atoms with van der Waals surface area (Å²) < 4.78 is 2.97. The molecule has 0 atom stereocenters. The molecule has 10 nitrogen and oxygen atoms in total. The number of H-pyrrole nitrogens is 1. The van der Waals surface area contributed by atoms with E-state index >= 15 is 0 Å². The number of anilines is 1. The first-order valence-electron chi connectivity index (χ1n) is 13.4. The van der Waals surface area contributed by atoms with Crippen molar-refractivity contribution in [1.29, 1.82) is 0 Å². The van der Waals surface area contributed by atoms with Crippen LogP contribution in [0.4, 0.5) is 5.82 Å². The predicted octanol–water partition coefficient (Wildman–Crippen LogP) is 4.30. The van der Waals surface area contributed by atoms with Crippen molar-refractivity contribution in [3.8, 4) is 11.4 Å². The molecule has 1 saturated carbocycles. The topological polar surface area (TPSA) is 127 Å². The summed E-state index contributed by atoms with van der Waals surface area (Å²) in [5.41, 5.74) is 2.94. The van der Waals surface area contributed by atoms with Gasteiger partial charge in [-0.2, -0.15) is 0 Å². The summed E-state index contributed by atoms with van der Waals surface area (Å²) in [6.45, 7) is 3.50. The lowest BCUT2D eigenvalue weighted by Gasteiger charge is -2.09. The van der Waals surface area contributed by atoms with E-state index in [1.54, 1.807) is 10.8 Å². The normalized spacial score (nSPS) is 13.0. The molecule has 1 aromatic carbocycles. The zero-order valence-electron chi connectivity index (χ0n) is 22.0. The first kappa shape index (κ1) is 25.8.